The van der Waals surface area contributed by atoms with Crippen molar-refractivity contribution in [2.45, 2.75) is 44.6 Å². The minimum atomic E-state index is -4.49. The van der Waals surface area contributed by atoms with E-state index in [0.717, 1.165) is 12.8 Å². The van der Waals surface area contributed by atoms with Gasteiger partial charge in [-0.2, -0.15) is 13.2 Å². The van der Waals surface area contributed by atoms with Crippen molar-refractivity contribution in [3.63, 3.8) is 0 Å². The zero-order chi connectivity index (χ0) is 15.5. The Bertz CT molecular complexity index is 499. The second-order valence-electron chi connectivity index (χ2n) is 4.95. The molecule has 0 saturated heterocycles. The number of halogens is 3. The van der Waals surface area contributed by atoms with Gasteiger partial charge >= 0.3 is 12.1 Å². The lowest BCUT2D eigenvalue weighted by molar-refractivity contribution is -0.229. The maximum Gasteiger partial charge on any atom is 0.418 e. The van der Waals surface area contributed by atoms with Gasteiger partial charge in [0.25, 0.3) is 0 Å². The molecule has 0 saturated carbocycles. The molecule has 0 N–H and O–H groups in total. The van der Waals surface area contributed by atoms with Gasteiger partial charge in [0.05, 0.1) is 19.1 Å². The summed E-state index contributed by atoms with van der Waals surface area (Å²) in [6.45, 7) is 2.24. The van der Waals surface area contributed by atoms with E-state index in [-0.39, 0.29) is 18.6 Å². The normalized spacial score (nSPS) is 21.1. The van der Waals surface area contributed by atoms with Gasteiger partial charge in [-0.3, -0.25) is 4.79 Å². The molecule has 0 amide bonds. The van der Waals surface area contributed by atoms with E-state index in [2.05, 4.69) is 0 Å². The molecule has 0 aromatic heterocycles. The summed E-state index contributed by atoms with van der Waals surface area (Å²) < 4.78 is 48.9. The zero-order valence-electron chi connectivity index (χ0n) is 11.7. The van der Waals surface area contributed by atoms with Crippen LogP contribution in [0, 0.1) is 0 Å². The van der Waals surface area contributed by atoms with E-state index < -0.39 is 24.4 Å². The van der Waals surface area contributed by atoms with Crippen molar-refractivity contribution in [3.8, 4) is 0 Å². The number of carbonyl (C=O) groups is 1. The van der Waals surface area contributed by atoms with Crippen LogP contribution in [0.25, 0.3) is 0 Å². The first-order valence-corrected chi connectivity index (χ1v) is 6.90. The number of esters is 1. The van der Waals surface area contributed by atoms with Gasteiger partial charge in [-0.05, 0) is 17.5 Å². The molecular weight excluding hydrogens is 285 g/mol. The number of ether oxygens (including phenoxy) is 2. The van der Waals surface area contributed by atoms with E-state index in [1.165, 1.54) is 12.1 Å². The van der Waals surface area contributed by atoms with Crippen LogP contribution in [0.5, 0.6) is 0 Å². The number of carbonyl (C=O) groups excluding carboxylic acids is 1. The summed E-state index contributed by atoms with van der Waals surface area (Å²) in [5.74, 6) is -0.536. The third kappa shape index (κ3) is 3.75. The van der Waals surface area contributed by atoms with Crippen molar-refractivity contribution < 1.29 is 27.4 Å². The third-order valence-electron chi connectivity index (χ3n) is 3.34. The van der Waals surface area contributed by atoms with Crippen LogP contribution < -0.4 is 0 Å². The first-order chi connectivity index (χ1) is 9.93. The number of unbranched alkanes of at least 4 members (excludes halogenated alkanes) is 1. The fraction of sp³-hybridized carbons (Fsp3) is 0.533. The summed E-state index contributed by atoms with van der Waals surface area (Å²) in [5.41, 5.74) is 0.489. The largest absolute Gasteiger partial charge is 0.466 e. The van der Waals surface area contributed by atoms with Crippen molar-refractivity contribution in [2.24, 2.45) is 0 Å². The lowest BCUT2D eigenvalue weighted by Gasteiger charge is -2.16. The highest BCUT2D eigenvalue weighted by molar-refractivity contribution is 5.70. The Morgan fingerprint density at radius 2 is 1.95 bits per heavy atom. The van der Waals surface area contributed by atoms with E-state index in [9.17, 15) is 18.0 Å². The van der Waals surface area contributed by atoms with Crippen LogP contribution in [0.4, 0.5) is 13.2 Å². The molecule has 1 aliphatic rings. The van der Waals surface area contributed by atoms with Crippen molar-refractivity contribution in [1.82, 2.24) is 0 Å². The van der Waals surface area contributed by atoms with E-state index in [0.29, 0.717) is 5.56 Å². The van der Waals surface area contributed by atoms with Gasteiger partial charge < -0.3 is 9.47 Å². The van der Waals surface area contributed by atoms with Crippen molar-refractivity contribution in [3.05, 3.63) is 35.4 Å². The topological polar surface area (TPSA) is 35.5 Å². The summed E-state index contributed by atoms with van der Waals surface area (Å²) in [7, 11) is 0. The monoisotopic (exact) mass is 302 g/mol. The van der Waals surface area contributed by atoms with Gasteiger partial charge in [-0.1, -0.05) is 37.6 Å². The Labute approximate surface area is 121 Å². The molecule has 0 radical (unpaired) electrons. The van der Waals surface area contributed by atoms with Gasteiger partial charge in [0.15, 0.2) is 6.10 Å². The Kier molecular flexibility index (Phi) is 4.88. The molecule has 3 nitrogen and oxygen atoms in total. The fourth-order valence-corrected chi connectivity index (χ4v) is 2.31. The summed E-state index contributed by atoms with van der Waals surface area (Å²) in [6.07, 6.45) is -5.95. The predicted octanol–water partition coefficient (Wildman–Crippen LogP) is 4.09. The molecule has 0 aliphatic carbocycles. The molecule has 1 aromatic carbocycles. The lowest BCUT2D eigenvalue weighted by Crippen LogP contribution is -2.20. The van der Waals surface area contributed by atoms with Crippen LogP contribution >= 0.6 is 0 Å². The number of rotatable bonds is 5. The third-order valence-corrected chi connectivity index (χ3v) is 3.34. The van der Waals surface area contributed by atoms with Crippen molar-refractivity contribution >= 4 is 5.97 Å². The second-order valence-corrected chi connectivity index (χ2v) is 4.95. The molecule has 21 heavy (non-hydrogen) atoms. The van der Waals surface area contributed by atoms with Gasteiger partial charge in [0.1, 0.15) is 0 Å². The van der Waals surface area contributed by atoms with E-state index in [1.54, 1.807) is 12.1 Å². The molecule has 2 atom stereocenters. The Morgan fingerprint density at radius 1 is 1.29 bits per heavy atom. The Hall–Kier alpha value is -1.56. The van der Waals surface area contributed by atoms with Gasteiger partial charge in [-0.15, -0.1) is 0 Å². The first-order valence-electron chi connectivity index (χ1n) is 6.90. The molecular formula is C15H17F3O3. The fourth-order valence-electron chi connectivity index (χ4n) is 2.31. The summed E-state index contributed by atoms with van der Waals surface area (Å²) in [4.78, 5) is 11.7. The molecule has 0 bridgehead atoms. The maximum atomic E-state index is 13.0. The van der Waals surface area contributed by atoms with Crippen LogP contribution in [0.15, 0.2) is 24.3 Å². The van der Waals surface area contributed by atoms with Crippen LogP contribution in [0.3, 0.4) is 0 Å². The standard InChI is InChI=1S/C15H17F3O3/c1-2-3-8-20-13(19)9-12-10-6-4-5-7-11(10)14(21-12)15(16,17)18/h4-7,12,14H,2-3,8-9H2,1H3. The zero-order valence-corrected chi connectivity index (χ0v) is 11.7. The molecule has 2 rings (SSSR count). The molecule has 1 aromatic rings. The minimum absolute atomic E-state index is 0.0800. The molecule has 1 heterocycles. The van der Waals surface area contributed by atoms with Crippen LogP contribution in [-0.4, -0.2) is 18.8 Å². The number of hydrogen-bond acceptors (Lipinski definition) is 3. The molecule has 2 unspecified atom stereocenters. The molecule has 0 spiro atoms. The van der Waals surface area contributed by atoms with E-state index in [1.807, 2.05) is 6.92 Å². The highest BCUT2D eigenvalue weighted by Crippen LogP contribution is 2.48. The number of alkyl halides is 3. The lowest BCUT2D eigenvalue weighted by atomic mass is 10.0. The van der Waals surface area contributed by atoms with Crippen molar-refractivity contribution in [2.75, 3.05) is 6.61 Å². The highest BCUT2D eigenvalue weighted by atomic mass is 19.4. The average Bonchev–Trinajstić information content (AvgIpc) is 2.78. The minimum Gasteiger partial charge on any atom is -0.466 e. The summed E-state index contributed by atoms with van der Waals surface area (Å²) in [5, 5.41) is 0. The van der Waals surface area contributed by atoms with Gasteiger partial charge in [0, 0.05) is 0 Å². The first kappa shape index (κ1) is 15.8. The predicted molar refractivity (Wildman–Crippen MR) is 69.5 cm³/mol. The molecule has 1 aliphatic heterocycles. The smallest absolute Gasteiger partial charge is 0.418 e. The number of hydrogen-bond donors (Lipinski definition) is 0. The summed E-state index contributed by atoms with van der Waals surface area (Å²) in [6, 6.07) is 6.11. The molecule has 6 heteroatoms. The Balaban J connectivity index is 2.07. The maximum absolute atomic E-state index is 13.0. The van der Waals surface area contributed by atoms with Gasteiger partial charge in [0.2, 0.25) is 0 Å². The van der Waals surface area contributed by atoms with E-state index in [4.69, 9.17) is 9.47 Å². The van der Waals surface area contributed by atoms with Gasteiger partial charge in [-0.25, -0.2) is 0 Å². The van der Waals surface area contributed by atoms with Crippen LogP contribution in [0.1, 0.15) is 49.5 Å². The number of fused-ring (bicyclic) bond motifs is 1. The molecule has 0 fully saturated rings. The quantitative estimate of drug-likeness (QED) is 0.607. The number of benzene rings is 1. The SMILES string of the molecule is CCCCOC(=O)CC1OC(C(F)(F)F)c2ccccc21. The average molecular weight is 302 g/mol. The van der Waals surface area contributed by atoms with Crippen LogP contribution in [0.2, 0.25) is 0 Å². The Morgan fingerprint density at radius 3 is 2.57 bits per heavy atom. The molecule has 116 valence electrons. The second kappa shape index (κ2) is 6.47. The van der Waals surface area contributed by atoms with E-state index >= 15 is 0 Å². The highest BCUT2D eigenvalue weighted by Gasteiger charge is 2.49. The van der Waals surface area contributed by atoms with Crippen LogP contribution in [-0.2, 0) is 14.3 Å². The summed E-state index contributed by atoms with van der Waals surface area (Å²) >= 11 is 0. The van der Waals surface area contributed by atoms with Crippen molar-refractivity contribution in [1.29, 1.82) is 0 Å².